The number of nitriles is 1. The summed E-state index contributed by atoms with van der Waals surface area (Å²) in [5.74, 6) is -0.433. The van der Waals surface area contributed by atoms with Gasteiger partial charge in [0.05, 0.1) is 33.1 Å². The van der Waals surface area contributed by atoms with Crippen LogP contribution in [0.1, 0.15) is 28.4 Å². The number of alkyl halides is 3. The molecule has 1 N–H and O–H groups in total. The van der Waals surface area contributed by atoms with Gasteiger partial charge in [-0.15, -0.1) is 0 Å². The first-order valence-corrected chi connectivity index (χ1v) is 12.2. The minimum atomic E-state index is -5.83. The number of carbonyl (C=O) groups is 1. The van der Waals surface area contributed by atoms with E-state index < -0.39 is 31.7 Å². The number of hydrogen-bond donors (Lipinski definition) is 1. The Labute approximate surface area is 204 Å². The average Bonchev–Trinajstić information content (AvgIpc) is 3.18. The maximum Gasteiger partial charge on any atom is 0.501 e. The van der Waals surface area contributed by atoms with E-state index in [9.17, 15) is 26.4 Å². The summed E-state index contributed by atoms with van der Waals surface area (Å²) in [5, 5.41) is 11.5. The molecule has 0 unspecified atom stereocenters. The largest absolute Gasteiger partial charge is 0.501 e. The lowest BCUT2D eigenvalue weighted by molar-refractivity contribution is -0.0436. The van der Waals surface area contributed by atoms with Crippen molar-refractivity contribution < 1.29 is 26.4 Å². The number of nitrogens with zero attached hydrogens (tertiary/aromatic N) is 3. The predicted molar refractivity (Wildman–Crippen MR) is 128 cm³/mol. The number of fused-ring (bicyclic) bond motifs is 1. The number of imidazole rings is 1. The number of aromatic nitrogens is 2. The van der Waals surface area contributed by atoms with Crippen LogP contribution in [0.25, 0.3) is 22.4 Å². The summed E-state index contributed by atoms with van der Waals surface area (Å²) in [6, 6.07) is 16.7. The summed E-state index contributed by atoms with van der Waals surface area (Å²) in [6.07, 6.45) is 0.898. The first-order chi connectivity index (χ1) is 17.0. The number of benzene rings is 3. The van der Waals surface area contributed by atoms with Crippen LogP contribution in [0.2, 0.25) is 0 Å². The molecule has 4 rings (SSSR count). The smallest absolute Gasteiger partial charge is 0.327 e. The molecule has 0 fully saturated rings. The van der Waals surface area contributed by atoms with Gasteiger partial charge in [-0.05, 0) is 48.4 Å². The molecule has 0 aliphatic heterocycles. The van der Waals surface area contributed by atoms with Gasteiger partial charge in [-0.3, -0.25) is 4.79 Å². The van der Waals surface area contributed by atoms with E-state index in [2.05, 4.69) is 17.2 Å². The van der Waals surface area contributed by atoms with Crippen LogP contribution in [-0.2, 0) is 23.3 Å². The Morgan fingerprint density at radius 3 is 2.39 bits per heavy atom. The predicted octanol–water partition coefficient (Wildman–Crippen LogP) is 5.22. The number of rotatable bonds is 5. The Morgan fingerprint density at radius 2 is 1.78 bits per heavy atom. The maximum absolute atomic E-state index is 13.2. The van der Waals surface area contributed by atoms with Crippen molar-refractivity contribution in [2.24, 2.45) is 7.05 Å². The van der Waals surface area contributed by atoms with Gasteiger partial charge in [-0.1, -0.05) is 31.2 Å². The Kier molecular flexibility index (Phi) is 6.32. The van der Waals surface area contributed by atoms with Crippen molar-refractivity contribution in [3.63, 3.8) is 0 Å². The quantitative estimate of drug-likeness (QED) is 0.395. The highest BCUT2D eigenvalue weighted by Crippen LogP contribution is 2.33. The summed E-state index contributed by atoms with van der Waals surface area (Å²) in [6.45, 7) is 2.05. The normalized spacial score (nSPS) is 11.9. The van der Waals surface area contributed by atoms with Crippen LogP contribution in [0, 0.1) is 11.3 Å². The Balaban J connectivity index is 1.71. The van der Waals surface area contributed by atoms with Gasteiger partial charge in [-0.25, -0.2) is 13.4 Å². The minimum absolute atomic E-state index is 0.166. The van der Waals surface area contributed by atoms with Crippen LogP contribution in [0.5, 0.6) is 0 Å². The van der Waals surface area contributed by atoms with Gasteiger partial charge >= 0.3 is 5.51 Å². The Hall–Kier alpha value is -4.17. The summed E-state index contributed by atoms with van der Waals surface area (Å²) in [7, 11) is -4.00. The molecule has 36 heavy (non-hydrogen) atoms. The summed E-state index contributed by atoms with van der Waals surface area (Å²) < 4.78 is 65.4. The number of nitrogens with one attached hydrogen (secondary N) is 1. The van der Waals surface area contributed by atoms with Crippen molar-refractivity contribution in [2.75, 3.05) is 5.32 Å². The van der Waals surface area contributed by atoms with Gasteiger partial charge in [0, 0.05) is 18.3 Å². The van der Waals surface area contributed by atoms with Crippen LogP contribution in [-0.4, -0.2) is 29.4 Å². The van der Waals surface area contributed by atoms with E-state index in [4.69, 9.17) is 5.26 Å². The number of aryl methyl sites for hydroxylation is 2. The molecule has 0 spiro atoms. The Bertz CT molecular complexity index is 1630. The second kappa shape index (κ2) is 9.13. The lowest BCUT2D eigenvalue weighted by Crippen LogP contribution is -2.26. The molecule has 0 saturated heterocycles. The van der Waals surface area contributed by atoms with Crippen molar-refractivity contribution in [1.29, 1.82) is 5.26 Å². The lowest BCUT2D eigenvalue weighted by atomic mass is 10.1. The highest BCUT2D eigenvalue weighted by Gasteiger charge is 2.48. The molecule has 184 valence electrons. The SMILES string of the molecule is CCc1ccc(-c2nc3cc(NC(=O)c4cc(C#N)ccc4S(=O)(=O)C(F)(F)F)ccc3n2C)cc1. The first-order valence-electron chi connectivity index (χ1n) is 10.7. The van der Waals surface area contributed by atoms with Crippen LogP contribution in [0.15, 0.2) is 65.6 Å². The summed E-state index contributed by atoms with van der Waals surface area (Å²) >= 11 is 0. The van der Waals surface area contributed by atoms with Crippen molar-refractivity contribution in [1.82, 2.24) is 9.55 Å². The fraction of sp³-hybridized carbons (Fsp3) is 0.160. The zero-order valence-corrected chi connectivity index (χ0v) is 19.9. The molecular weight excluding hydrogens is 493 g/mol. The van der Waals surface area contributed by atoms with Crippen LogP contribution >= 0.6 is 0 Å². The number of carbonyl (C=O) groups excluding carboxylic acids is 1. The van der Waals surface area contributed by atoms with Crippen molar-refractivity contribution >= 4 is 32.5 Å². The average molecular weight is 513 g/mol. The lowest BCUT2D eigenvalue weighted by Gasteiger charge is -2.13. The molecule has 1 amide bonds. The molecule has 0 atom stereocenters. The monoisotopic (exact) mass is 512 g/mol. The number of amides is 1. The van der Waals surface area contributed by atoms with Crippen LogP contribution in [0.4, 0.5) is 18.9 Å². The molecule has 1 heterocycles. The molecule has 3 aromatic carbocycles. The van der Waals surface area contributed by atoms with Gasteiger partial charge in [0.25, 0.3) is 15.7 Å². The summed E-state index contributed by atoms with van der Waals surface area (Å²) in [5.41, 5.74) is -3.06. The third kappa shape index (κ3) is 4.43. The van der Waals surface area contributed by atoms with Crippen LogP contribution < -0.4 is 5.32 Å². The topological polar surface area (TPSA) is 105 Å². The molecule has 1 aromatic heterocycles. The van der Waals surface area contributed by atoms with Gasteiger partial charge in [0.1, 0.15) is 5.82 Å². The molecule has 4 aromatic rings. The molecule has 7 nitrogen and oxygen atoms in total. The second-order valence-corrected chi connectivity index (χ2v) is 9.88. The van der Waals surface area contributed by atoms with E-state index >= 15 is 0 Å². The van der Waals surface area contributed by atoms with Gasteiger partial charge < -0.3 is 9.88 Å². The summed E-state index contributed by atoms with van der Waals surface area (Å²) in [4.78, 5) is 16.3. The zero-order chi connectivity index (χ0) is 26.3. The minimum Gasteiger partial charge on any atom is -0.327 e. The molecule has 0 aliphatic carbocycles. The van der Waals surface area contributed by atoms with Crippen LogP contribution in [0.3, 0.4) is 0 Å². The van der Waals surface area contributed by atoms with Crippen molar-refractivity contribution in [3.8, 4) is 17.5 Å². The standard InChI is InChI=1S/C25H19F3N4O3S/c1-3-15-4-7-17(8-5-15)23-31-20-13-18(9-10-21(20)32(23)2)30-24(33)19-12-16(14-29)6-11-22(19)36(34,35)25(26,27)28/h4-13H,3H2,1-2H3,(H,30,33). The van der Waals surface area contributed by atoms with Crippen molar-refractivity contribution in [3.05, 3.63) is 77.4 Å². The molecule has 0 bridgehead atoms. The van der Waals surface area contributed by atoms with Crippen molar-refractivity contribution in [2.45, 2.75) is 23.7 Å². The second-order valence-electron chi connectivity index (χ2n) is 7.97. The number of sulfone groups is 1. The van der Waals surface area contributed by atoms with Gasteiger partial charge in [0.15, 0.2) is 0 Å². The Morgan fingerprint density at radius 1 is 1.08 bits per heavy atom. The molecule has 0 saturated carbocycles. The fourth-order valence-electron chi connectivity index (χ4n) is 3.76. The fourth-order valence-corrected chi connectivity index (χ4v) is 4.70. The highest BCUT2D eigenvalue weighted by molar-refractivity contribution is 7.92. The molecule has 11 heteroatoms. The molecular formula is C25H19F3N4O3S. The van der Waals surface area contributed by atoms with E-state index in [0.29, 0.717) is 17.4 Å². The third-order valence-corrected chi connectivity index (χ3v) is 7.25. The number of halogens is 3. The van der Waals surface area contributed by atoms with E-state index in [1.54, 1.807) is 12.1 Å². The zero-order valence-electron chi connectivity index (χ0n) is 19.1. The highest BCUT2D eigenvalue weighted by atomic mass is 32.2. The van der Waals surface area contributed by atoms with Gasteiger partial charge in [0.2, 0.25) is 0 Å². The van der Waals surface area contributed by atoms with Gasteiger partial charge in [-0.2, -0.15) is 18.4 Å². The maximum atomic E-state index is 13.2. The molecule has 0 aliphatic rings. The third-order valence-electron chi connectivity index (χ3n) is 5.71. The molecule has 0 radical (unpaired) electrons. The first kappa shape index (κ1) is 24.9. The van der Waals surface area contributed by atoms with E-state index in [0.717, 1.165) is 29.6 Å². The number of hydrogen-bond acceptors (Lipinski definition) is 5. The van der Waals surface area contributed by atoms with E-state index in [1.807, 2.05) is 35.9 Å². The van der Waals surface area contributed by atoms with E-state index in [-0.39, 0.29) is 11.3 Å². The van der Waals surface area contributed by atoms with E-state index in [1.165, 1.54) is 17.7 Å². The number of anilines is 1.